The highest BCUT2D eigenvalue weighted by Gasteiger charge is 2.50. The van der Waals surface area contributed by atoms with Crippen LogP contribution in [0, 0.1) is 11.8 Å². The van der Waals surface area contributed by atoms with Crippen LogP contribution in [0.15, 0.2) is 0 Å². The van der Waals surface area contributed by atoms with Gasteiger partial charge in [-0.15, -0.1) is 0 Å². The van der Waals surface area contributed by atoms with Crippen molar-refractivity contribution < 1.29 is 30.0 Å². The summed E-state index contributed by atoms with van der Waals surface area (Å²) in [6.07, 6.45) is -3.05. The van der Waals surface area contributed by atoms with E-state index in [9.17, 15) is 25.2 Å². The van der Waals surface area contributed by atoms with Crippen molar-refractivity contribution in [2.45, 2.75) is 50.8 Å². The SMILES string of the molecule is CC(C)C[C@H]1CC(=O)N(CC2(O)OCC(O)C(O)C2O)C1. The molecule has 2 heterocycles. The number of rotatable bonds is 4. The lowest BCUT2D eigenvalue weighted by atomic mass is 9.96. The molecule has 0 aliphatic carbocycles. The molecule has 4 N–H and O–H groups in total. The number of carbonyl (C=O) groups excluding carboxylic acids is 1. The van der Waals surface area contributed by atoms with Crippen LogP contribution in [0.25, 0.3) is 0 Å². The van der Waals surface area contributed by atoms with Crippen LogP contribution in [0.1, 0.15) is 26.7 Å². The van der Waals surface area contributed by atoms with E-state index in [-0.39, 0.29) is 25.0 Å². The number of aliphatic hydroxyl groups excluding tert-OH is 3. The molecule has 2 aliphatic heterocycles. The fourth-order valence-corrected chi connectivity index (χ4v) is 3.13. The van der Waals surface area contributed by atoms with E-state index in [4.69, 9.17) is 4.74 Å². The molecule has 2 aliphatic rings. The van der Waals surface area contributed by atoms with Crippen molar-refractivity contribution >= 4 is 5.91 Å². The highest BCUT2D eigenvalue weighted by Crippen LogP contribution is 2.29. The zero-order valence-corrected chi connectivity index (χ0v) is 12.5. The van der Waals surface area contributed by atoms with Crippen LogP contribution >= 0.6 is 0 Å². The Bertz CT molecular complexity index is 390. The Balaban J connectivity index is 1.99. The summed E-state index contributed by atoms with van der Waals surface area (Å²) in [5.41, 5.74) is 0. The van der Waals surface area contributed by atoms with Crippen molar-refractivity contribution in [3.05, 3.63) is 0 Å². The molecule has 0 radical (unpaired) electrons. The van der Waals surface area contributed by atoms with E-state index < -0.39 is 24.1 Å². The van der Waals surface area contributed by atoms with Gasteiger partial charge in [0.25, 0.3) is 0 Å². The molecular weight excluding hydrogens is 278 g/mol. The van der Waals surface area contributed by atoms with Crippen LogP contribution in [-0.2, 0) is 9.53 Å². The van der Waals surface area contributed by atoms with Crippen LogP contribution in [0.5, 0.6) is 0 Å². The standard InChI is InChI=1S/C14H25NO6/c1-8(2)3-9-4-11(17)15(5-9)7-14(20)13(19)12(18)10(16)6-21-14/h8-10,12-13,16,18-20H,3-7H2,1-2H3/t9-,10?,12?,13?,14?/m0/s1. The maximum atomic E-state index is 12.0. The zero-order valence-electron chi connectivity index (χ0n) is 12.5. The molecular formula is C14H25NO6. The van der Waals surface area contributed by atoms with Gasteiger partial charge in [-0.25, -0.2) is 0 Å². The van der Waals surface area contributed by atoms with Gasteiger partial charge in [0.2, 0.25) is 11.7 Å². The van der Waals surface area contributed by atoms with Crippen molar-refractivity contribution in [1.29, 1.82) is 0 Å². The van der Waals surface area contributed by atoms with Crippen LogP contribution in [0.4, 0.5) is 0 Å². The molecule has 0 spiro atoms. The van der Waals surface area contributed by atoms with E-state index >= 15 is 0 Å². The maximum absolute atomic E-state index is 12.0. The zero-order chi connectivity index (χ0) is 15.8. The van der Waals surface area contributed by atoms with Crippen molar-refractivity contribution in [2.75, 3.05) is 19.7 Å². The first kappa shape index (κ1) is 16.6. The number of amides is 1. The minimum Gasteiger partial charge on any atom is -0.388 e. The van der Waals surface area contributed by atoms with E-state index in [1.165, 1.54) is 4.90 Å². The third-order valence-corrected chi connectivity index (χ3v) is 4.20. The number of likely N-dealkylation sites (tertiary alicyclic amines) is 1. The number of ether oxygens (including phenoxy) is 1. The molecule has 7 nitrogen and oxygen atoms in total. The smallest absolute Gasteiger partial charge is 0.223 e. The molecule has 0 aromatic carbocycles. The molecule has 2 fully saturated rings. The topological polar surface area (TPSA) is 110 Å². The Hall–Kier alpha value is -0.730. The molecule has 1 amide bonds. The van der Waals surface area contributed by atoms with Gasteiger partial charge in [-0.05, 0) is 18.3 Å². The molecule has 4 unspecified atom stereocenters. The van der Waals surface area contributed by atoms with E-state index in [1.807, 2.05) is 0 Å². The predicted octanol–water partition coefficient (Wildman–Crippen LogP) is -1.32. The number of aliphatic hydroxyl groups is 4. The lowest BCUT2D eigenvalue weighted by molar-refractivity contribution is -0.323. The van der Waals surface area contributed by atoms with Gasteiger partial charge in [-0.1, -0.05) is 13.8 Å². The first-order valence-corrected chi connectivity index (χ1v) is 7.41. The Kier molecular flexibility index (Phi) is 4.89. The van der Waals surface area contributed by atoms with Crippen molar-refractivity contribution in [3.63, 3.8) is 0 Å². The van der Waals surface area contributed by atoms with E-state index in [0.29, 0.717) is 18.9 Å². The van der Waals surface area contributed by atoms with Gasteiger partial charge in [-0.3, -0.25) is 4.79 Å². The summed E-state index contributed by atoms with van der Waals surface area (Å²) in [5, 5.41) is 39.3. The van der Waals surface area contributed by atoms with Gasteiger partial charge in [0.15, 0.2) is 0 Å². The summed E-state index contributed by atoms with van der Waals surface area (Å²) in [5.74, 6) is -1.41. The Labute approximate surface area is 124 Å². The van der Waals surface area contributed by atoms with Gasteiger partial charge >= 0.3 is 0 Å². The lowest BCUT2D eigenvalue weighted by Gasteiger charge is -2.43. The summed E-state index contributed by atoms with van der Waals surface area (Å²) in [6, 6.07) is 0. The van der Waals surface area contributed by atoms with Gasteiger partial charge in [0, 0.05) is 13.0 Å². The highest BCUT2D eigenvalue weighted by atomic mass is 16.6. The maximum Gasteiger partial charge on any atom is 0.223 e. The first-order chi connectivity index (χ1) is 9.73. The number of hydrogen-bond donors (Lipinski definition) is 4. The molecule has 5 atom stereocenters. The Morgan fingerprint density at radius 3 is 2.67 bits per heavy atom. The van der Waals surface area contributed by atoms with Crippen LogP contribution < -0.4 is 0 Å². The van der Waals surface area contributed by atoms with E-state index in [1.54, 1.807) is 0 Å². The fraction of sp³-hybridized carbons (Fsp3) is 0.929. The van der Waals surface area contributed by atoms with Crippen LogP contribution in [-0.4, -0.2) is 75.0 Å². The third-order valence-electron chi connectivity index (χ3n) is 4.20. The molecule has 7 heteroatoms. The van der Waals surface area contributed by atoms with E-state index in [0.717, 1.165) is 6.42 Å². The Morgan fingerprint density at radius 2 is 2.05 bits per heavy atom. The minimum atomic E-state index is -2.04. The van der Waals surface area contributed by atoms with E-state index in [2.05, 4.69) is 13.8 Å². The van der Waals surface area contributed by atoms with Gasteiger partial charge in [0.1, 0.15) is 18.3 Å². The summed E-state index contributed by atoms with van der Waals surface area (Å²) in [6.45, 7) is 4.20. The molecule has 0 saturated carbocycles. The highest BCUT2D eigenvalue weighted by molar-refractivity contribution is 5.78. The van der Waals surface area contributed by atoms with Gasteiger partial charge < -0.3 is 30.1 Å². The predicted molar refractivity (Wildman–Crippen MR) is 73.1 cm³/mol. The third kappa shape index (κ3) is 3.54. The molecule has 0 bridgehead atoms. The molecule has 0 aromatic rings. The molecule has 2 rings (SSSR count). The second kappa shape index (κ2) is 6.18. The molecule has 2 saturated heterocycles. The Morgan fingerprint density at radius 1 is 1.38 bits per heavy atom. The normalized spacial score (nSPS) is 41.1. The summed E-state index contributed by atoms with van der Waals surface area (Å²) < 4.78 is 5.09. The monoisotopic (exact) mass is 303 g/mol. The van der Waals surface area contributed by atoms with Crippen LogP contribution in [0.2, 0.25) is 0 Å². The molecule has 21 heavy (non-hydrogen) atoms. The summed E-state index contributed by atoms with van der Waals surface area (Å²) in [4.78, 5) is 13.5. The van der Waals surface area contributed by atoms with Gasteiger partial charge in [0.05, 0.1) is 13.2 Å². The van der Waals surface area contributed by atoms with Crippen LogP contribution in [0.3, 0.4) is 0 Å². The number of β-amino-alcohol motifs (C(OH)–C–C–N with tert-alkyl or cyclic N) is 1. The average molecular weight is 303 g/mol. The summed E-state index contributed by atoms with van der Waals surface area (Å²) >= 11 is 0. The quantitative estimate of drug-likeness (QED) is 0.513. The first-order valence-electron chi connectivity index (χ1n) is 7.41. The number of carbonyl (C=O) groups is 1. The second-order valence-electron chi connectivity index (χ2n) is 6.63. The molecule has 122 valence electrons. The minimum absolute atomic E-state index is 0.0921. The number of nitrogens with zero attached hydrogens (tertiary/aromatic N) is 1. The largest absolute Gasteiger partial charge is 0.388 e. The van der Waals surface area contributed by atoms with Crippen molar-refractivity contribution in [3.8, 4) is 0 Å². The summed E-state index contributed by atoms with van der Waals surface area (Å²) in [7, 11) is 0. The second-order valence-corrected chi connectivity index (χ2v) is 6.63. The molecule has 0 aromatic heterocycles. The average Bonchev–Trinajstić information content (AvgIpc) is 2.71. The van der Waals surface area contributed by atoms with Crippen molar-refractivity contribution in [1.82, 2.24) is 4.90 Å². The van der Waals surface area contributed by atoms with Gasteiger partial charge in [-0.2, -0.15) is 0 Å². The number of hydrogen-bond acceptors (Lipinski definition) is 6. The van der Waals surface area contributed by atoms with Crippen molar-refractivity contribution in [2.24, 2.45) is 11.8 Å². The lowest BCUT2D eigenvalue weighted by Crippen LogP contribution is -2.64. The fourth-order valence-electron chi connectivity index (χ4n) is 3.13.